The third-order valence-corrected chi connectivity index (χ3v) is 2.30. The lowest BCUT2D eigenvalue weighted by Gasteiger charge is -2.07. The lowest BCUT2D eigenvalue weighted by molar-refractivity contribution is -0.697. The fourth-order valence-corrected chi connectivity index (χ4v) is 1.56. The number of aromatic nitrogens is 1. The van der Waals surface area contributed by atoms with Crippen LogP contribution in [0.15, 0.2) is 30.6 Å². The molecule has 0 aliphatic carbocycles. The number of amides is 1. The standard InChI is InChI=1S/C13H20N2O.BrH/c1-12(2)14-13(16)8-4-7-11-15-9-5-3-6-10-15;/h3,5-6,9-10,12H,4,7-8,11H2,1-2H3;1H. The lowest BCUT2D eigenvalue weighted by Crippen LogP contribution is -3.00. The molecule has 96 valence electrons. The molecule has 1 rings (SSSR count). The van der Waals surface area contributed by atoms with Crippen molar-refractivity contribution in [2.45, 2.75) is 45.7 Å². The van der Waals surface area contributed by atoms with E-state index < -0.39 is 0 Å². The minimum atomic E-state index is 0. The van der Waals surface area contributed by atoms with Crippen molar-refractivity contribution < 1.29 is 26.3 Å². The highest BCUT2D eigenvalue weighted by molar-refractivity contribution is 5.76. The summed E-state index contributed by atoms with van der Waals surface area (Å²) in [6.07, 6.45) is 6.72. The zero-order valence-corrected chi connectivity index (χ0v) is 12.1. The molecular formula is C13H21BrN2O. The van der Waals surface area contributed by atoms with E-state index in [-0.39, 0.29) is 28.9 Å². The molecule has 1 heterocycles. The van der Waals surface area contributed by atoms with Gasteiger partial charge in [-0.3, -0.25) is 4.79 Å². The number of nitrogens with zero attached hydrogens (tertiary/aromatic N) is 1. The molecule has 0 fully saturated rings. The van der Waals surface area contributed by atoms with E-state index in [1.165, 1.54) is 0 Å². The maximum absolute atomic E-state index is 11.3. The van der Waals surface area contributed by atoms with Crippen LogP contribution in [0.3, 0.4) is 0 Å². The predicted molar refractivity (Wildman–Crippen MR) is 63.8 cm³/mol. The van der Waals surface area contributed by atoms with E-state index in [9.17, 15) is 4.79 Å². The Morgan fingerprint density at radius 2 is 1.82 bits per heavy atom. The van der Waals surface area contributed by atoms with Gasteiger partial charge >= 0.3 is 0 Å². The predicted octanol–water partition coefficient (Wildman–Crippen LogP) is -1.33. The summed E-state index contributed by atoms with van der Waals surface area (Å²) in [7, 11) is 0. The molecule has 0 spiro atoms. The van der Waals surface area contributed by atoms with Crippen molar-refractivity contribution in [3.05, 3.63) is 30.6 Å². The van der Waals surface area contributed by atoms with E-state index >= 15 is 0 Å². The van der Waals surface area contributed by atoms with Crippen LogP contribution in [0.2, 0.25) is 0 Å². The number of carbonyl (C=O) groups excluding carboxylic acids is 1. The topological polar surface area (TPSA) is 33.0 Å². The molecule has 0 saturated carbocycles. The van der Waals surface area contributed by atoms with E-state index in [0.29, 0.717) is 6.42 Å². The summed E-state index contributed by atoms with van der Waals surface area (Å²) < 4.78 is 2.14. The molecule has 17 heavy (non-hydrogen) atoms. The number of nitrogens with one attached hydrogen (secondary N) is 1. The highest BCUT2D eigenvalue weighted by atomic mass is 79.9. The Hall–Kier alpha value is -0.900. The van der Waals surface area contributed by atoms with Crippen molar-refractivity contribution in [3.8, 4) is 0 Å². The summed E-state index contributed by atoms with van der Waals surface area (Å²) in [4.78, 5) is 11.3. The Morgan fingerprint density at radius 3 is 2.41 bits per heavy atom. The molecule has 1 N–H and O–H groups in total. The zero-order chi connectivity index (χ0) is 11.8. The number of hydrogen-bond donors (Lipinski definition) is 1. The Bertz CT molecular complexity index is 314. The van der Waals surface area contributed by atoms with Gasteiger partial charge in [-0.1, -0.05) is 6.07 Å². The molecule has 0 aromatic carbocycles. The second-order valence-corrected chi connectivity index (χ2v) is 4.29. The van der Waals surface area contributed by atoms with Crippen LogP contribution < -0.4 is 26.9 Å². The van der Waals surface area contributed by atoms with Crippen molar-refractivity contribution in [2.75, 3.05) is 0 Å². The quantitative estimate of drug-likeness (QED) is 0.513. The molecule has 4 heteroatoms. The molecule has 0 atom stereocenters. The van der Waals surface area contributed by atoms with Gasteiger partial charge in [0.15, 0.2) is 12.4 Å². The Morgan fingerprint density at radius 1 is 1.18 bits per heavy atom. The first-order chi connectivity index (χ1) is 7.68. The van der Waals surface area contributed by atoms with Gasteiger partial charge in [-0.05, 0) is 20.3 Å². The smallest absolute Gasteiger partial charge is 0.220 e. The third kappa shape index (κ3) is 7.91. The second-order valence-electron chi connectivity index (χ2n) is 4.29. The first-order valence-corrected chi connectivity index (χ1v) is 5.92. The highest BCUT2D eigenvalue weighted by Crippen LogP contribution is 1.96. The van der Waals surface area contributed by atoms with Crippen LogP contribution in [0.25, 0.3) is 0 Å². The average molecular weight is 301 g/mol. The number of pyridine rings is 1. The molecule has 0 aliphatic heterocycles. The maximum atomic E-state index is 11.3. The largest absolute Gasteiger partial charge is 1.00 e. The molecule has 1 aromatic heterocycles. The molecule has 0 radical (unpaired) electrons. The van der Waals surface area contributed by atoms with Gasteiger partial charge in [0.25, 0.3) is 0 Å². The molecule has 3 nitrogen and oxygen atoms in total. The Kier molecular flexibility index (Phi) is 8.68. The number of carbonyl (C=O) groups is 1. The van der Waals surface area contributed by atoms with Gasteiger partial charge in [0.2, 0.25) is 5.91 Å². The van der Waals surface area contributed by atoms with Crippen molar-refractivity contribution in [2.24, 2.45) is 0 Å². The summed E-state index contributed by atoms with van der Waals surface area (Å²) in [5.74, 6) is 0.160. The van der Waals surface area contributed by atoms with Gasteiger partial charge in [-0.25, -0.2) is 4.57 Å². The van der Waals surface area contributed by atoms with Crippen LogP contribution in [-0.2, 0) is 11.3 Å². The van der Waals surface area contributed by atoms with E-state index in [0.717, 1.165) is 19.4 Å². The van der Waals surface area contributed by atoms with Crippen molar-refractivity contribution in [1.82, 2.24) is 5.32 Å². The van der Waals surface area contributed by atoms with Crippen molar-refractivity contribution >= 4 is 5.91 Å². The monoisotopic (exact) mass is 300 g/mol. The fraction of sp³-hybridized carbons (Fsp3) is 0.538. The maximum Gasteiger partial charge on any atom is 0.220 e. The minimum Gasteiger partial charge on any atom is -1.00 e. The van der Waals surface area contributed by atoms with Crippen LogP contribution in [0.4, 0.5) is 0 Å². The molecule has 0 saturated heterocycles. The molecule has 0 aliphatic rings. The Labute approximate surface area is 114 Å². The molecule has 0 bridgehead atoms. The summed E-state index contributed by atoms with van der Waals surface area (Å²) in [5, 5.41) is 2.90. The minimum absolute atomic E-state index is 0. The van der Waals surface area contributed by atoms with Crippen LogP contribution in [0.5, 0.6) is 0 Å². The summed E-state index contributed by atoms with van der Waals surface area (Å²) in [5.41, 5.74) is 0. The van der Waals surface area contributed by atoms with Gasteiger partial charge in [0, 0.05) is 31.0 Å². The number of halogens is 1. The van der Waals surface area contributed by atoms with Gasteiger partial charge in [-0.15, -0.1) is 0 Å². The van der Waals surface area contributed by atoms with Gasteiger partial charge < -0.3 is 22.3 Å². The van der Waals surface area contributed by atoms with E-state index in [2.05, 4.69) is 9.88 Å². The van der Waals surface area contributed by atoms with Gasteiger partial charge in [0.05, 0.1) is 0 Å². The summed E-state index contributed by atoms with van der Waals surface area (Å²) in [6.45, 7) is 4.95. The first kappa shape index (κ1) is 16.1. The van der Waals surface area contributed by atoms with Crippen molar-refractivity contribution in [1.29, 1.82) is 0 Å². The number of rotatable bonds is 6. The zero-order valence-electron chi connectivity index (χ0n) is 10.5. The van der Waals surface area contributed by atoms with Gasteiger partial charge in [0.1, 0.15) is 6.54 Å². The molecule has 1 amide bonds. The van der Waals surface area contributed by atoms with E-state index in [1.807, 2.05) is 44.4 Å². The molecular weight excluding hydrogens is 280 g/mol. The lowest BCUT2D eigenvalue weighted by atomic mass is 10.2. The molecule has 0 unspecified atom stereocenters. The van der Waals surface area contributed by atoms with Crippen molar-refractivity contribution in [3.63, 3.8) is 0 Å². The highest BCUT2D eigenvalue weighted by Gasteiger charge is 2.04. The third-order valence-electron chi connectivity index (χ3n) is 2.30. The number of hydrogen-bond acceptors (Lipinski definition) is 1. The summed E-state index contributed by atoms with van der Waals surface area (Å²) in [6, 6.07) is 6.29. The number of unbranched alkanes of at least 4 members (excludes halogenated alkanes) is 1. The van der Waals surface area contributed by atoms with Gasteiger partial charge in [-0.2, -0.15) is 0 Å². The van der Waals surface area contributed by atoms with Crippen LogP contribution in [0, 0.1) is 0 Å². The molecule has 1 aromatic rings. The van der Waals surface area contributed by atoms with E-state index in [4.69, 9.17) is 0 Å². The SMILES string of the molecule is CC(C)NC(=O)CCCC[n+]1ccccc1.[Br-]. The summed E-state index contributed by atoms with van der Waals surface area (Å²) >= 11 is 0. The van der Waals surface area contributed by atoms with E-state index in [1.54, 1.807) is 0 Å². The first-order valence-electron chi connectivity index (χ1n) is 5.92. The van der Waals surface area contributed by atoms with Crippen LogP contribution >= 0.6 is 0 Å². The average Bonchev–Trinajstić information content (AvgIpc) is 2.25. The van der Waals surface area contributed by atoms with Crippen LogP contribution in [-0.4, -0.2) is 11.9 Å². The second kappa shape index (κ2) is 9.16. The Balaban J connectivity index is 0.00000256. The van der Waals surface area contributed by atoms with Crippen LogP contribution in [0.1, 0.15) is 33.1 Å². The fourth-order valence-electron chi connectivity index (χ4n) is 1.56. The normalized spacial score (nSPS) is 9.82. The number of aryl methyl sites for hydroxylation is 1.